The average molecular weight is 371 g/mol. The molecule has 144 valence electrons. The first-order valence-corrected chi connectivity index (χ1v) is 14.2. The van der Waals surface area contributed by atoms with Crippen LogP contribution < -0.4 is 0 Å². The van der Waals surface area contributed by atoms with Gasteiger partial charge in [-0.15, -0.1) is 0 Å². The van der Waals surface area contributed by atoms with Gasteiger partial charge in [0.1, 0.15) is 0 Å². The molecule has 0 heterocycles. The predicted molar refractivity (Wildman–Crippen MR) is 111 cm³/mol. The van der Waals surface area contributed by atoms with Crippen LogP contribution in [0.3, 0.4) is 0 Å². The maximum absolute atomic E-state index is 1.75. The second-order valence-electron chi connectivity index (χ2n) is 12.3. The third-order valence-corrected chi connectivity index (χ3v) is 15.0. The molecule has 9 saturated carbocycles. The third kappa shape index (κ3) is 2.42. The smallest absolute Gasteiger partial charge is 0.0149 e. The van der Waals surface area contributed by atoms with Crippen LogP contribution in [-0.2, 0) is 0 Å². The number of rotatable bonds is 4. The van der Waals surface area contributed by atoms with E-state index in [1.165, 1.54) is 64.6 Å². The first-order chi connectivity index (χ1) is 12.8. The summed E-state index contributed by atoms with van der Waals surface area (Å²) in [6.45, 7) is 0. The zero-order valence-electron chi connectivity index (χ0n) is 16.7. The molecule has 0 atom stereocenters. The molecule has 1 heteroatoms. The molecule has 9 aliphatic carbocycles. The van der Waals surface area contributed by atoms with Crippen molar-refractivity contribution >= 4 is 7.92 Å². The summed E-state index contributed by atoms with van der Waals surface area (Å²) in [5.74, 6) is 10.7. The van der Waals surface area contributed by atoms with Gasteiger partial charge in [-0.25, -0.2) is 0 Å². The van der Waals surface area contributed by atoms with Gasteiger partial charge in [-0.05, 0) is 135 Å². The van der Waals surface area contributed by atoms with Gasteiger partial charge in [0.05, 0.1) is 0 Å². The lowest BCUT2D eigenvalue weighted by Gasteiger charge is -2.63. The van der Waals surface area contributed by atoms with Crippen molar-refractivity contribution in [1.29, 1.82) is 0 Å². The fraction of sp³-hybridized carbons (Fsp3) is 1.00. The maximum Gasteiger partial charge on any atom is -0.0149 e. The summed E-state index contributed by atoms with van der Waals surface area (Å²) in [6.07, 6.45) is 23.2. The van der Waals surface area contributed by atoms with Gasteiger partial charge < -0.3 is 0 Å². The predicted octanol–water partition coefficient (Wildman–Crippen LogP) is 6.92. The van der Waals surface area contributed by atoms with E-state index < -0.39 is 0 Å². The van der Waals surface area contributed by atoms with E-state index >= 15 is 0 Å². The van der Waals surface area contributed by atoms with Crippen LogP contribution in [0.1, 0.15) is 83.5 Å². The highest BCUT2D eigenvalue weighted by Gasteiger charge is 2.56. The molecule has 9 rings (SSSR count). The van der Waals surface area contributed by atoms with Gasteiger partial charge in [0, 0.05) is 0 Å². The van der Waals surface area contributed by atoms with Crippen LogP contribution in [0.2, 0.25) is 0 Å². The van der Waals surface area contributed by atoms with Crippen LogP contribution >= 0.6 is 7.92 Å². The fourth-order valence-electron chi connectivity index (χ4n) is 10.3. The summed E-state index contributed by atoms with van der Waals surface area (Å²) in [5.41, 5.74) is 2.50. The van der Waals surface area contributed by atoms with Crippen molar-refractivity contribution in [1.82, 2.24) is 0 Å². The highest BCUT2D eigenvalue weighted by molar-refractivity contribution is 7.59. The van der Waals surface area contributed by atoms with Crippen LogP contribution in [-0.4, -0.2) is 17.5 Å². The van der Waals surface area contributed by atoms with Crippen LogP contribution in [0, 0.1) is 53.3 Å². The van der Waals surface area contributed by atoms with Gasteiger partial charge in [-0.3, -0.25) is 0 Å². The molecule has 0 N–H and O–H groups in total. The summed E-state index contributed by atoms with van der Waals surface area (Å²) >= 11 is 0. The highest BCUT2D eigenvalue weighted by atomic mass is 31.1. The largest absolute Gasteiger partial charge is 0.0989 e. The van der Waals surface area contributed by atoms with Gasteiger partial charge in [0.2, 0.25) is 0 Å². The van der Waals surface area contributed by atoms with Crippen molar-refractivity contribution in [2.24, 2.45) is 53.3 Å². The monoisotopic (exact) mass is 370 g/mol. The third-order valence-electron chi connectivity index (χ3n) is 10.8. The van der Waals surface area contributed by atoms with Crippen molar-refractivity contribution < 1.29 is 0 Å². The normalized spacial score (nSPS) is 58.2. The van der Waals surface area contributed by atoms with E-state index in [4.69, 9.17) is 0 Å². The molecule has 0 unspecified atom stereocenters. The minimum Gasteiger partial charge on any atom is -0.0989 e. The van der Waals surface area contributed by atoms with E-state index in [9.17, 15) is 0 Å². The van der Waals surface area contributed by atoms with Crippen LogP contribution in [0.25, 0.3) is 0 Å². The van der Waals surface area contributed by atoms with Gasteiger partial charge >= 0.3 is 0 Å². The van der Waals surface area contributed by atoms with Crippen molar-refractivity contribution in [2.75, 3.05) is 6.16 Å². The molecule has 26 heavy (non-hydrogen) atoms. The first-order valence-electron chi connectivity index (χ1n) is 12.6. The lowest BCUT2D eigenvalue weighted by atomic mass is 9.55. The van der Waals surface area contributed by atoms with Crippen molar-refractivity contribution in [3.8, 4) is 0 Å². The lowest BCUT2D eigenvalue weighted by molar-refractivity contribution is 0.0127. The van der Waals surface area contributed by atoms with Crippen LogP contribution in [0.5, 0.6) is 0 Å². The van der Waals surface area contributed by atoms with Gasteiger partial charge in [0.25, 0.3) is 0 Å². The molecule has 9 fully saturated rings. The highest BCUT2D eigenvalue weighted by Crippen LogP contribution is 2.71. The Morgan fingerprint density at radius 2 is 0.885 bits per heavy atom. The molecule has 0 aromatic heterocycles. The molecule has 0 amide bonds. The molecule has 8 bridgehead atoms. The Bertz CT molecular complexity index is 465. The number of hydrogen-bond donors (Lipinski definition) is 0. The molecular formula is C25H39P. The number of hydrogen-bond acceptors (Lipinski definition) is 0. The quantitative estimate of drug-likeness (QED) is 0.471. The van der Waals surface area contributed by atoms with Crippen molar-refractivity contribution in [3.63, 3.8) is 0 Å². The summed E-state index contributed by atoms with van der Waals surface area (Å²) in [5, 5.41) is 0. The Balaban J connectivity index is 1.21. The summed E-state index contributed by atoms with van der Waals surface area (Å²) < 4.78 is 0. The molecule has 0 aromatic rings. The van der Waals surface area contributed by atoms with Crippen molar-refractivity contribution in [3.05, 3.63) is 0 Å². The van der Waals surface area contributed by atoms with Crippen molar-refractivity contribution in [2.45, 2.75) is 94.8 Å². The first kappa shape index (κ1) is 16.3. The molecule has 0 spiro atoms. The Morgan fingerprint density at radius 1 is 0.500 bits per heavy atom. The van der Waals surface area contributed by atoms with E-state index in [1.54, 1.807) is 89.6 Å². The Hall–Kier alpha value is 0.430. The lowest BCUT2D eigenvalue weighted by Crippen LogP contribution is -2.53. The van der Waals surface area contributed by atoms with E-state index in [0.717, 1.165) is 0 Å². The molecule has 0 aliphatic heterocycles. The van der Waals surface area contributed by atoms with Crippen LogP contribution in [0.15, 0.2) is 0 Å². The molecule has 0 nitrogen and oxygen atoms in total. The zero-order chi connectivity index (χ0) is 16.8. The fourth-order valence-corrected chi connectivity index (χ4v) is 15.3. The summed E-state index contributed by atoms with van der Waals surface area (Å²) in [4.78, 5) is 0. The Kier molecular flexibility index (Phi) is 3.73. The second-order valence-corrected chi connectivity index (χ2v) is 14.9. The maximum atomic E-state index is 1.75. The molecule has 0 saturated heterocycles. The summed E-state index contributed by atoms with van der Waals surface area (Å²) in [6, 6.07) is 0. The zero-order valence-corrected chi connectivity index (χ0v) is 17.6. The summed E-state index contributed by atoms with van der Waals surface area (Å²) in [7, 11) is 0.346. The van der Waals surface area contributed by atoms with E-state index in [-0.39, 0.29) is 0 Å². The minimum absolute atomic E-state index is 0.346. The minimum atomic E-state index is 0.346. The molecule has 0 aromatic carbocycles. The van der Waals surface area contributed by atoms with Gasteiger partial charge in [-0.1, -0.05) is 27.2 Å². The van der Waals surface area contributed by atoms with Gasteiger partial charge in [-0.2, -0.15) is 0 Å². The van der Waals surface area contributed by atoms with Gasteiger partial charge in [0.15, 0.2) is 0 Å². The molecular weight excluding hydrogens is 331 g/mol. The van der Waals surface area contributed by atoms with E-state index in [1.807, 2.05) is 0 Å². The standard InChI is InChI=1S/C25H39P/c1-2-15(3-1)14-26(24-20-6-16-4-17(8-20)9-21(24)7-16)25-22-10-18-5-19(12-22)13-23(25)11-18/h15-25H,1-14H2. The molecule has 0 radical (unpaired) electrons. The average Bonchev–Trinajstić information content (AvgIpc) is 2.55. The van der Waals surface area contributed by atoms with E-state index in [2.05, 4.69) is 0 Å². The van der Waals surface area contributed by atoms with Crippen LogP contribution in [0.4, 0.5) is 0 Å². The SMILES string of the molecule is C1CC(CP(C2C3CC4CC(C3)CC2C4)C2C3CC4CC(C3)CC2C4)C1. The second kappa shape index (κ2) is 5.97. The van der Waals surface area contributed by atoms with E-state index in [0.29, 0.717) is 7.92 Å². The Labute approximate surface area is 162 Å². The molecule has 9 aliphatic rings. The topological polar surface area (TPSA) is 0 Å². The Morgan fingerprint density at radius 3 is 1.19 bits per heavy atom.